The van der Waals surface area contributed by atoms with E-state index in [4.69, 9.17) is 9.47 Å². The Kier molecular flexibility index (Phi) is 7.71. The molecule has 4 aromatic carbocycles. The zero-order chi connectivity index (χ0) is 29.8. The first-order valence-corrected chi connectivity index (χ1v) is 13.6. The Morgan fingerprint density at radius 2 is 1.51 bits per heavy atom. The van der Waals surface area contributed by atoms with Crippen molar-refractivity contribution in [2.75, 3.05) is 18.1 Å². The van der Waals surface area contributed by atoms with Gasteiger partial charge in [0.15, 0.2) is 0 Å². The molecule has 0 aliphatic carbocycles. The lowest BCUT2D eigenvalue weighted by molar-refractivity contribution is -0.137. The second-order valence-corrected chi connectivity index (χ2v) is 9.93. The lowest BCUT2D eigenvalue weighted by Crippen LogP contribution is -2.49. The van der Waals surface area contributed by atoms with Gasteiger partial charge >= 0.3 is 6.18 Å². The van der Waals surface area contributed by atoms with Crippen molar-refractivity contribution in [3.05, 3.63) is 132 Å². The number of halogens is 3. The number of benzene rings is 4. The highest BCUT2D eigenvalue weighted by atomic mass is 19.4. The highest BCUT2D eigenvalue weighted by molar-refractivity contribution is 6.13. The molecule has 5 nitrogen and oxygen atoms in total. The zero-order valence-corrected chi connectivity index (χ0v) is 22.8. The quantitative estimate of drug-likeness (QED) is 0.196. The first-order valence-electron chi connectivity index (χ1n) is 13.6. The van der Waals surface area contributed by atoms with Crippen LogP contribution in [0.1, 0.15) is 27.4 Å². The molecule has 214 valence electrons. The topological polar surface area (TPSA) is 51.7 Å². The average molecular weight is 579 g/mol. The van der Waals surface area contributed by atoms with Crippen molar-refractivity contribution in [3.63, 3.8) is 0 Å². The Labute approximate surface area is 246 Å². The second kappa shape index (κ2) is 11.9. The average Bonchev–Trinajstić information content (AvgIpc) is 3.03. The molecule has 0 fully saturated rings. The summed E-state index contributed by atoms with van der Waals surface area (Å²) in [6.07, 6.45) is -3.01. The minimum Gasteiger partial charge on any atom is -0.493 e. The van der Waals surface area contributed by atoms with Gasteiger partial charge in [-0.05, 0) is 54.1 Å². The maximum Gasteiger partial charge on any atom is 0.416 e. The fourth-order valence-corrected chi connectivity index (χ4v) is 5.22. The molecule has 43 heavy (non-hydrogen) atoms. The number of anilines is 1. The molecule has 0 saturated heterocycles. The van der Waals surface area contributed by atoms with Gasteiger partial charge in [-0.1, -0.05) is 72.5 Å². The summed E-state index contributed by atoms with van der Waals surface area (Å²) in [5, 5.41) is 0.777. The van der Waals surface area contributed by atoms with Gasteiger partial charge in [-0.3, -0.25) is 14.7 Å². The van der Waals surface area contributed by atoms with Crippen molar-refractivity contribution >= 4 is 22.5 Å². The van der Waals surface area contributed by atoms with Gasteiger partial charge in [-0.25, -0.2) is 0 Å². The number of fused-ring (bicyclic) bond motifs is 2. The highest BCUT2D eigenvalue weighted by Gasteiger charge is 2.43. The maximum atomic E-state index is 14.2. The molecular formula is C35H25F3N2O3. The molecule has 2 unspecified atom stereocenters. The summed E-state index contributed by atoms with van der Waals surface area (Å²) in [7, 11) is 0. The number of ether oxygens (including phenoxy) is 2. The van der Waals surface area contributed by atoms with Crippen molar-refractivity contribution in [1.29, 1.82) is 0 Å². The maximum absolute atomic E-state index is 14.2. The molecule has 5 aromatic rings. The Morgan fingerprint density at radius 1 is 0.814 bits per heavy atom. The van der Waals surface area contributed by atoms with E-state index >= 15 is 0 Å². The fraction of sp³-hybridized carbons (Fsp3) is 0.143. The van der Waals surface area contributed by atoms with Gasteiger partial charge in [-0.15, -0.1) is 0 Å². The number of nitrogens with zero attached hydrogens (tertiary/aromatic N) is 2. The molecule has 2 atom stereocenters. The smallest absolute Gasteiger partial charge is 0.416 e. The molecule has 1 aromatic heterocycles. The lowest BCUT2D eigenvalue weighted by Gasteiger charge is -2.40. The van der Waals surface area contributed by atoms with E-state index in [0.717, 1.165) is 17.5 Å². The van der Waals surface area contributed by atoms with E-state index in [1.807, 2.05) is 60.7 Å². The van der Waals surface area contributed by atoms with Crippen molar-refractivity contribution in [2.45, 2.75) is 18.1 Å². The van der Waals surface area contributed by atoms with E-state index in [1.54, 1.807) is 36.5 Å². The Hall–Kier alpha value is -5.29. The standard InChI is InChI=1S/C35H25F3N2O3/c36-35(37,38)25-18-19-28-29(22-25)34(41)40(32-16-7-10-24-11-8-20-39-33(24)32)31(17-9-21-42-26-12-3-1-4-13-26)30(28)23-43-27-14-5-2-6-15-27/h1-8,10-16,18-20,22,30-31H,21,23H2. The zero-order valence-electron chi connectivity index (χ0n) is 22.8. The molecule has 1 aliphatic heterocycles. The number of hydrogen-bond donors (Lipinski definition) is 0. The largest absolute Gasteiger partial charge is 0.493 e. The number of alkyl halides is 3. The normalized spacial score (nSPS) is 16.3. The molecule has 0 saturated carbocycles. The number of rotatable bonds is 6. The predicted octanol–water partition coefficient (Wildman–Crippen LogP) is 7.53. The van der Waals surface area contributed by atoms with Crippen LogP contribution in [-0.4, -0.2) is 30.1 Å². The van der Waals surface area contributed by atoms with Crippen LogP contribution in [0.5, 0.6) is 11.5 Å². The molecule has 2 heterocycles. The summed E-state index contributed by atoms with van der Waals surface area (Å²) >= 11 is 0. The predicted molar refractivity (Wildman–Crippen MR) is 158 cm³/mol. The number of hydrogen-bond acceptors (Lipinski definition) is 4. The summed E-state index contributed by atoms with van der Waals surface area (Å²) in [5.41, 5.74) is 0.451. The van der Waals surface area contributed by atoms with E-state index in [2.05, 4.69) is 16.8 Å². The highest BCUT2D eigenvalue weighted by Crippen LogP contribution is 2.41. The van der Waals surface area contributed by atoms with Crippen LogP contribution in [-0.2, 0) is 6.18 Å². The summed E-state index contributed by atoms with van der Waals surface area (Å²) in [4.78, 5) is 20.2. The van der Waals surface area contributed by atoms with Gasteiger partial charge in [-0.2, -0.15) is 13.2 Å². The third-order valence-electron chi connectivity index (χ3n) is 7.24. The molecule has 0 N–H and O–H groups in total. The summed E-state index contributed by atoms with van der Waals surface area (Å²) < 4.78 is 53.3. The Balaban J connectivity index is 1.48. The number of aromatic nitrogens is 1. The van der Waals surface area contributed by atoms with E-state index in [9.17, 15) is 18.0 Å². The number of pyridine rings is 1. The minimum absolute atomic E-state index is 0.0441. The molecule has 6 rings (SSSR count). The van der Waals surface area contributed by atoms with Crippen LogP contribution < -0.4 is 14.4 Å². The van der Waals surface area contributed by atoms with Gasteiger partial charge in [0, 0.05) is 17.1 Å². The van der Waals surface area contributed by atoms with Gasteiger partial charge in [0.2, 0.25) is 0 Å². The van der Waals surface area contributed by atoms with Crippen molar-refractivity contribution < 1.29 is 27.4 Å². The summed E-state index contributed by atoms with van der Waals surface area (Å²) in [6.45, 7) is 0.103. The number of para-hydroxylation sites is 3. The van der Waals surface area contributed by atoms with Crippen molar-refractivity contribution in [1.82, 2.24) is 4.98 Å². The van der Waals surface area contributed by atoms with E-state index in [1.165, 1.54) is 11.0 Å². The first kappa shape index (κ1) is 27.9. The van der Waals surface area contributed by atoms with Gasteiger partial charge in [0.25, 0.3) is 5.91 Å². The fourth-order valence-electron chi connectivity index (χ4n) is 5.22. The monoisotopic (exact) mass is 578 g/mol. The lowest BCUT2D eigenvalue weighted by atomic mass is 9.82. The van der Waals surface area contributed by atoms with Crippen LogP contribution in [0.2, 0.25) is 0 Å². The van der Waals surface area contributed by atoms with Gasteiger partial charge in [0.05, 0.1) is 29.3 Å². The van der Waals surface area contributed by atoms with Crippen LogP contribution in [0.4, 0.5) is 18.9 Å². The van der Waals surface area contributed by atoms with Gasteiger partial charge in [0.1, 0.15) is 24.1 Å². The Morgan fingerprint density at radius 3 is 2.23 bits per heavy atom. The molecule has 0 bridgehead atoms. The third-order valence-corrected chi connectivity index (χ3v) is 7.24. The first-order chi connectivity index (χ1) is 20.9. The van der Waals surface area contributed by atoms with E-state index in [-0.39, 0.29) is 18.8 Å². The van der Waals surface area contributed by atoms with E-state index < -0.39 is 29.6 Å². The Bertz CT molecular complexity index is 1810. The molecule has 1 amide bonds. The number of carbonyl (C=O) groups excluding carboxylic acids is 1. The van der Waals surface area contributed by atoms with Crippen LogP contribution in [0.3, 0.4) is 0 Å². The SMILES string of the molecule is O=C1c2cc(C(F)(F)F)ccc2C(COc2ccccc2)C(C#CCOc2ccccc2)N1c1cccc2cccnc12. The minimum atomic E-state index is -4.62. The van der Waals surface area contributed by atoms with E-state index in [0.29, 0.717) is 28.3 Å². The number of carbonyl (C=O) groups is 1. The van der Waals surface area contributed by atoms with Crippen LogP contribution >= 0.6 is 0 Å². The molecule has 8 heteroatoms. The molecule has 0 spiro atoms. The van der Waals surface area contributed by atoms with Crippen LogP contribution in [0, 0.1) is 11.8 Å². The molecular weight excluding hydrogens is 553 g/mol. The third kappa shape index (κ3) is 5.88. The molecule has 0 radical (unpaired) electrons. The number of amides is 1. The second-order valence-electron chi connectivity index (χ2n) is 9.93. The van der Waals surface area contributed by atoms with Crippen LogP contribution in [0.25, 0.3) is 10.9 Å². The summed E-state index contributed by atoms with van der Waals surface area (Å²) in [6, 6.07) is 29.8. The van der Waals surface area contributed by atoms with Crippen molar-refractivity contribution in [2.24, 2.45) is 0 Å². The van der Waals surface area contributed by atoms with Crippen LogP contribution in [0.15, 0.2) is 115 Å². The summed E-state index contributed by atoms with van der Waals surface area (Å²) in [5.74, 6) is 6.28. The van der Waals surface area contributed by atoms with Crippen molar-refractivity contribution in [3.8, 4) is 23.3 Å². The van der Waals surface area contributed by atoms with Gasteiger partial charge < -0.3 is 9.47 Å². The molecule has 1 aliphatic rings.